The predicted molar refractivity (Wildman–Crippen MR) is 72.4 cm³/mol. The Bertz CT molecular complexity index is 437. The van der Waals surface area contributed by atoms with Crippen molar-refractivity contribution >= 4 is 11.4 Å². The highest BCUT2D eigenvalue weighted by Crippen LogP contribution is 2.17. The van der Waals surface area contributed by atoms with Crippen molar-refractivity contribution in [3.05, 3.63) is 66.8 Å². The molecule has 0 amide bonds. The summed E-state index contributed by atoms with van der Waals surface area (Å²) in [6.45, 7) is 7.79. The molecule has 1 nitrogen and oxygen atoms in total. The van der Waals surface area contributed by atoms with Crippen LogP contribution in [-0.4, -0.2) is 5.71 Å². The largest absolute Gasteiger partial charge is 0.249 e. The van der Waals surface area contributed by atoms with Crippen LogP contribution in [0, 0.1) is 6.92 Å². The van der Waals surface area contributed by atoms with Crippen molar-refractivity contribution in [2.24, 2.45) is 4.99 Å². The maximum atomic E-state index is 4.53. The molecule has 0 fully saturated rings. The van der Waals surface area contributed by atoms with Crippen molar-refractivity contribution in [1.82, 2.24) is 0 Å². The fourth-order valence-corrected chi connectivity index (χ4v) is 1.24. The highest BCUT2D eigenvalue weighted by Gasteiger charge is 1.94. The SMILES string of the molecule is C=CC(/C=C\C=C/C)=Nc1ccccc1C. The van der Waals surface area contributed by atoms with E-state index in [1.807, 2.05) is 49.4 Å². The summed E-state index contributed by atoms with van der Waals surface area (Å²) in [5, 5.41) is 0. The number of allylic oxidation sites excluding steroid dienone is 5. The van der Waals surface area contributed by atoms with E-state index in [-0.39, 0.29) is 0 Å². The Hall–Kier alpha value is -1.89. The van der Waals surface area contributed by atoms with Gasteiger partial charge in [-0.1, -0.05) is 43.0 Å². The molecule has 0 aliphatic carbocycles. The van der Waals surface area contributed by atoms with Gasteiger partial charge in [-0.2, -0.15) is 0 Å². The molecule has 0 bridgehead atoms. The average Bonchev–Trinajstić information content (AvgIpc) is 2.30. The molecule has 0 saturated heterocycles. The van der Waals surface area contributed by atoms with Crippen LogP contribution in [0.4, 0.5) is 5.69 Å². The van der Waals surface area contributed by atoms with E-state index in [1.165, 1.54) is 5.56 Å². The third-order valence-electron chi connectivity index (χ3n) is 2.14. The van der Waals surface area contributed by atoms with E-state index in [4.69, 9.17) is 0 Å². The number of benzene rings is 1. The van der Waals surface area contributed by atoms with Crippen LogP contribution < -0.4 is 0 Å². The molecule has 0 saturated carbocycles. The number of aryl methyl sites for hydroxylation is 1. The van der Waals surface area contributed by atoms with Crippen molar-refractivity contribution in [3.63, 3.8) is 0 Å². The van der Waals surface area contributed by atoms with Gasteiger partial charge in [0.1, 0.15) is 0 Å². The zero-order chi connectivity index (χ0) is 11.8. The monoisotopic (exact) mass is 211 g/mol. The Morgan fingerprint density at radius 2 is 2.00 bits per heavy atom. The number of hydrogen-bond acceptors (Lipinski definition) is 1. The summed E-state index contributed by atoms with van der Waals surface area (Å²) < 4.78 is 0. The smallest absolute Gasteiger partial charge is 0.0666 e. The average molecular weight is 211 g/mol. The summed E-state index contributed by atoms with van der Waals surface area (Å²) in [5.74, 6) is 0. The van der Waals surface area contributed by atoms with E-state index in [0.29, 0.717) is 0 Å². The third-order valence-corrected chi connectivity index (χ3v) is 2.14. The molecule has 0 aliphatic heterocycles. The lowest BCUT2D eigenvalue weighted by Crippen LogP contribution is -1.86. The zero-order valence-corrected chi connectivity index (χ0v) is 9.85. The van der Waals surface area contributed by atoms with Gasteiger partial charge in [-0.3, -0.25) is 0 Å². The molecule has 0 aromatic heterocycles. The van der Waals surface area contributed by atoms with Gasteiger partial charge in [0.2, 0.25) is 0 Å². The molecule has 0 spiro atoms. The molecule has 0 atom stereocenters. The lowest BCUT2D eigenvalue weighted by atomic mass is 10.2. The Kier molecular flexibility index (Phi) is 5.00. The molecular weight excluding hydrogens is 194 g/mol. The molecule has 0 unspecified atom stereocenters. The van der Waals surface area contributed by atoms with Crippen molar-refractivity contribution < 1.29 is 0 Å². The lowest BCUT2D eigenvalue weighted by molar-refractivity contribution is 1.40. The molecule has 16 heavy (non-hydrogen) atoms. The number of rotatable bonds is 4. The zero-order valence-electron chi connectivity index (χ0n) is 9.85. The summed E-state index contributed by atoms with van der Waals surface area (Å²) in [6, 6.07) is 8.05. The van der Waals surface area contributed by atoms with Crippen LogP contribution >= 0.6 is 0 Å². The molecule has 1 aromatic carbocycles. The summed E-state index contributed by atoms with van der Waals surface area (Å²) in [5.41, 5.74) is 3.02. The molecule has 82 valence electrons. The second-order valence-corrected chi connectivity index (χ2v) is 3.41. The topological polar surface area (TPSA) is 12.4 Å². The first-order chi connectivity index (χ1) is 7.77. The van der Waals surface area contributed by atoms with Crippen LogP contribution in [0.5, 0.6) is 0 Å². The van der Waals surface area contributed by atoms with E-state index in [1.54, 1.807) is 6.08 Å². The van der Waals surface area contributed by atoms with Gasteiger partial charge in [0.15, 0.2) is 0 Å². The van der Waals surface area contributed by atoms with Crippen LogP contribution in [0.15, 0.2) is 66.2 Å². The van der Waals surface area contributed by atoms with E-state index < -0.39 is 0 Å². The van der Waals surface area contributed by atoms with Gasteiger partial charge in [-0.25, -0.2) is 4.99 Å². The fraction of sp³-hybridized carbons (Fsp3) is 0.133. The molecule has 1 heteroatoms. The van der Waals surface area contributed by atoms with Crippen LogP contribution in [0.2, 0.25) is 0 Å². The van der Waals surface area contributed by atoms with Crippen LogP contribution in [0.25, 0.3) is 0 Å². The predicted octanol–water partition coefficient (Wildman–Crippen LogP) is 4.39. The van der Waals surface area contributed by atoms with Crippen LogP contribution in [0.1, 0.15) is 12.5 Å². The molecule has 1 rings (SSSR count). The highest BCUT2D eigenvalue weighted by molar-refractivity contribution is 6.05. The minimum atomic E-state index is 0.868. The Morgan fingerprint density at radius 1 is 1.25 bits per heavy atom. The first-order valence-corrected chi connectivity index (χ1v) is 5.34. The minimum absolute atomic E-state index is 0.868. The van der Waals surface area contributed by atoms with Crippen LogP contribution in [-0.2, 0) is 0 Å². The summed E-state index contributed by atoms with van der Waals surface area (Å²) in [7, 11) is 0. The quantitative estimate of drug-likeness (QED) is 0.517. The maximum Gasteiger partial charge on any atom is 0.0666 e. The van der Waals surface area contributed by atoms with Gasteiger partial charge in [-0.15, -0.1) is 0 Å². The number of para-hydroxylation sites is 1. The standard InChI is InChI=1S/C15H17N/c1-4-6-7-11-14(5-2)16-15-12-9-8-10-13(15)3/h4-12H,2H2,1,3H3/b6-4-,11-7-,16-14?. The lowest BCUT2D eigenvalue weighted by Gasteiger charge is -1.99. The normalized spacial score (nSPS) is 12.5. The van der Waals surface area contributed by atoms with Gasteiger partial charge in [0.05, 0.1) is 11.4 Å². The Balaban J connectivity index is 2.96. The third kappa shape index (κ3) is 3.70. The maximum absolute atomic E-state index is 4.53. The highest BCUT2D eigenvalue weighted by atomic mass is 14.7. The Morgan fingerprint density at radius 3 is 2.62 bits per heavy atom. The molecular formula is C15H17N. The van der Waals surface area contributed by atoms with E-state index >= 15 is 0 Å². The van der Waals surface area contributed by atoms with E-state index in [9.17, 15) is 0 Å². The summed E-state index contributed by atoms with van der Waals surface area (Å²) >= 11 is 0. The second-order valence-electron chi connectivity index (χ2n) is 3.41. The van der Waals surface area contributed by atoms with Gasteiger partial charge < -0.3 is 0 Å². The van der Waals surface area contributed by atoms with Gasteiger partial charge >= 0.3 is 0 Å². The number of nitrogens with zero attached hydrogens (tertiary/aromatic N) is 1. The molecule has 0 heterocycles. The van der Waals surface area contributed by atoms with Gasteiger partial charge in [-0.05, 0) is 37.6 Å². The second kappa shape index (κ2) is 6.57. The van der Waals surface area contributed by atoms with Gasteiger partial charge in [0.25, 0.3) is 0 Å². The molecule has 0 radical (unpaired) electrons. The van der Waals surface area contributed by atoms with Crippen molar-refractivity contribution in [3.8, 4) is 0 Å². The van der Waals surface area contributed by atoms with E-state index in [2.05, 4.69) is 24.6 Å². The fourth-order valence-electron chi connectivity index (χ4n) is 1.24. The molecule has 1 aromatic rings. The minimum Gasteiger partial charge on any atom is -0.249 e. The molecule has 0 aliphatic rings. The first kappa shape index (κ1) is 12.2. The number of aliphatic imine (C=N–C) groups is 1. The van der Waals surface area contributed by atoms with Crippen molar-refractivity contribution in [2.45, 2.75) is 13.8 Å². The Labute approximate surface area is 97.5 Å². The van der Waals surface area contributed by atoms with Gasteiger partial charge in [0, 0.05) is 0 Å². The molecule has 0 N–H and O–H groups in total. The van der Waals surface area contributed by atoms with Crippen molar-refractivity contribution in [2.75, 3.05) is 0 Å². The summed E-state index contributed by atoms with van der Waals surface area (Å²) in [6.07, 6.45) is 9.60. The summed E-state index contributed by atoms with van der Waals surface area (Å²) in [4.78, 5) is 4.53. The first-order valence-electron chi connectivity index (χ1n) is 5.34. The van der Waals surface area contributed by atoms with E-state index in [0.717, 1.165) is 11.4 Å². The van der Waals surface area contributed by atoms with Crippen molar-refractivity contribution in [1.29, 1.82) is 0 Å². The van der Waals surface area contributed by atoms with Crippen LogP contribution in [0.3, 0.4) is 0 Å². The number of hydrogen-bond donors (Lipinski definition) is 0.